The first kappa shape index (κ1) is 55.4. The van der Waals surface area contributed by atoms with Crippen LogP contribution in [0.15, 0.2) is 36.4 Å². The highest BCUT2D eigenvalue weighted by molar-refractivity contribution is 5.68. The summed E-state index contributed by atoms with van der Waals surface area (Å²) in [5, 5.41) is 10.9. The van der Waals surface area contributed by atoms with Crippen LogP contribution in [0.2, 0.25) is 0 Å². The number of aliphatic hydroxyl groups excluding tert-OH is 1. The SMILES string of the molecule is C.C[C@@H]1CN(Cc2ccc(N3CCOCC3)cc2F)CCN1.C[C@@H]1CN(Cc2ccc(N3CCOCC3)cc2F)CCN1C(=O)OC(C(F)(F)F)C(F)(F)F.OC(C(F)(F)F)C(F)(F)F. The molecule has 0 radical (unpaired) electrons. The van der Waals surface area contributed by atoms with Crippen LogP contribution in [0.4, 0.5) is 77.6 Å². The lowest BCUT2D eigenvalue weighted by Crippen LogP contribution is -2.56. The highest BCUT2D eigenvalue weighted by Gasteiger charge is 2.60. The predicted molar refractivity (Wildman–Crippen MR) is 210 cm³/mol. The lowest BCUT2D eigenvalue weighted by atomic mass is 10.1. The number of nitrogens with zero attached hydrogens (tertiary/aromatic N) is 5. The van der Waals surface area contributed by atoms with Crippen LogP contribution in [0.25, 0.3) is 0 Å². The molecule has 0 saturated carbocycles. The molecule has 4 heterocycles. The van der Waals surface area contributed by atoms with Gasteiger partial charge >= 0.3 is 30.8 Å². The zero-order valence-electron chi connectivity index (χ0n) is 34.7. The Morgan fingerprint density at radius 3 is 1.46 bits per heavy atom. The summed E-state index contributed by atoms with van der Waals surface area (Å²) in [6.45, 7) is 13.1. The van der Waals surface area contributed by atoms with Crippen molar-refractivity contribution in [2.45, 2.75) is 83.4 Å². The summed E-state index contributed by atoms with van der Waals surface area (Å²) < 4.78 is 185. The number of hydrogen-bond acceptors (Lipinski definition) is 10. The number of hydrogen-bond donors (Lipinski definition) is 2. The Labute approximate surface area is 367 Å². The summed E-state index contributed by atoms with van der Waals surface area (Å²) in [6, 6.07) is 10.2. The molecular weight excluding hydrogens is 910 g/mol. The first-order valence-corrected chi connectivity index (χ1v) is 20.1. The Kier molecular flexibility index (Phi) is 20.2. The van der Waals surface area contributed by atoms with Crippen molar-refractivity contribution < 1.29 is 85.6 Å². The van der Waals surface area contributed by atoms with Crippen molar-refractivity contribution >= 4 is 17.5 Å². The molecule has 4 saturated heterocycles. The number of halogens is 14. The number of ether oxygens (including phenoxy) is 3. The Morgan fingerprint density at radius 2 is 1.11 bits per heavy atom. The zero-order valence-corrected chi connectivity index (χ0v) is 34.7. The molecule has 0 unspecified atom stereocenters. The molecule has 6 rings (SSSR count). The fourth-order valence-corrected chi connectivity index (χ4v) is 7.12. The molecule has 4 fully saturated rings. The van der Waals surface area contributed by atoms with Gasteiger partial charge in [-0.3, -0.25) is 9.80 Å². The predicted octanol–water partition coefficient (Wildman–Crippen LogP) is 7.36. The lowest BCUT2D eigenvalue weighted by molar-refractivity contribution is -0.309. The summed E-state index contributed by atoms with van der Waals surface area (Å²) in [5.41, 5.74) is 2.88. The number of benzene rings is 2. The largest absolute Gasteiger partial charge is 0.434 e. The van der Waals surface area contributed by atoms with E-state index in [1.165, 1.54) is 13.0 Å². The van der Waals surface area contributed by atoms with Crippen molar-refractivity contribution in [3.63, 3.8) is 0 Å². The molecule has 11 nitrogen and oxygen atoms in total. The second kappa shape index (κ2) is 23.7. The number of piperazine rings is 2. The van der Waals surface area contributed by atoms with Crippen LogP contribution in [0.3, 0.4) is 0 Å². The van der Waals surface area contributed by atoms with E-state index in [9.17, 15) is 66.3 Å². The molecule has 4 aliphatic heterocycles. The van der Waals surface area contributed by atoms with Crippen LogP contribution >= 0.6 is 0 Å². The first-order chi connectivity index (χ1) is 29.7. The summed E-state index contributed by atoms with van der Waals surface area (Å²) >= 11 is 0. The van der Waals surface area contributed by atoms with Gasteiger partial charge in [-0.05, 0) is 38.1 Å². The van der Waals surface area contributed by atoms with Crippen molar-refractivity contribution in [3.05, 3.63) is 59.2 Å². The normalized spacial score (nSPS) is 20.7. The van der Waals surface area contributed by atoms with Gasteiger partial charge in [0.25, 0.3) is 6.10 Å². The van der Waals surface area contributed by atoms with Crippen molar-refractivity contribution in [2.24, 2.45) is 0 Å². The third kappa shape index (κ3) is 17.0. The minimum absolute atomic E-state index is 0. The van der Waals surface area contributed by atoms with Crippen molar-refractivity contribution in [1.82, 2.24) is 20.0 Å². The molecule has 2 atom stereocenters. The highest BCUT2D eigenvalue weighted by Crippen LogP contribution is 2.37. The quantitative estimate of drug-likeness (QED) is 0.275. The van der Waals surface area contributed by atoms with E-state index < -0.39 is 54.9 Å². The Morgan fingerprint density at radius 1 is 0.677 bits per heavy atom. The van der Waals surface area contributed by atoms with Gasteiger partial charge in [-0.15, -0.1) is 0 Å². The number of aliphatic hydroxyl groups is 1. The van der Waals surface area contributed by atoms with E-state index in [-0.39, 0.29) is 39.4 Å². The van der Waals surface area contributed by atoms with Crippen LogP contribution in [-0.4, -0.2) is 167 Å². The van der Waals surface area contributed by atoms with Gasteiger partial charge in [-0.25, -0.2) is 13.6 Å². The second-order valence-corrected chi connectivity index (χ2v) is 15.5. The van der Waals surface area contributed by atoms with Gasteiger partial charge in [0.2, 0.25) is 6.10 Å². The van der Waals surface area contributed by atoms with Crippen molar-refractivity contribution in [3.8, 4) is 0 Å². The van der Waals surface area contributed by atoms with Crippen molar-refractivity contribution in [1.29, 1.82) is 0 Å². The van der Waals surface area contributed by atoms with Gasteiger partial charge in [0.1, 0.15) is 11.6 Å². The van der Waals surface area contributed by atoms with Gasteiger partial charge in [0, 0.05) is 113 Å². The number of carbonyl (C=O) groups excluding carboxylic acids is 1. The monoisotopic (exact) mass is 964 g/mol. The molecular formula is C40H54F14N6O5. The highest BCUT2D eigenvalue weighted by atomic mass is 19.4. The van der Waals surface area contributed by atoms with Gasteiger partial charge in [-0.2, -0.15) is 52.7 Å². The molecule has 0 spiro atoms. The number of rotatable bonds is 7. The van der Waals surface area contributed by atoms with Crippen molar-refractivity contribution in [2.75, 3.05) is 102 Å². The molecule has 0 aliphatic carbocycles. The average molecular weight is 965 g/mol. The van der Waals surface area contributed by atoms with Crippen LogP contribution < -0.4 is 15.1 Å². The molecule has 2 aromatic carbocycles. The van der Waals surface area contributed by atoms with E-state index in [0.717, 1.165) is 67.8 Å². The number of carbonyl (C=O) groups is 1. The number of nitrogens with one attached hydrogen (secondary N) is 1. The number of alkyl halides is 12. The van der Waals surface area contributed by atoms with E-state index in [1.807, 2.05) is 17.0 Å². The van der Waals surface area contributed by atoms with E-state index in [4.69, 9.17) is 14.6 Å². The van der Waals surface area contributed by atoms with Crippen LogP contribution in [-0.2, 0) is 27.3 Å². The molecule has 1 amide bonds. The third-order valence-electron chi connectivity index (χ3n) is 10.4. The maximum absolute atomic E-state index is 14.6. The number of morpholine rings is 2. The number of anilines is 2. The zero-order chi connectivity index (χ0) is 47.6. The minimum Gasteiger partial charge on any atom is -0.426 e. The van der Waals surface area contributed by atoms with E-state index in [2.05, 4.69) is 26.8 Å². The van der Waals surface area contributed by atoms with Gasteiger partial charge in [-0.1, -0.05) is 19.6 Å². The molecule has 2 N–H and O–H groups in total. The third-order valence-corrected chi connectivity index (χ3v) is 10.4. The fraction of sp³-hybridized carbons (Fsp3) is 0.675. The summed E-state index contributed by atoms with van der Waals surface area (Å²) in [6.07, 6.45) is -32.9. The first-order valence-electron chi connectivity index (χ1n) is 20.1. The smallest absolute Gasteiger partial charge is 0.426 e. The maximum Gasteiger partial charge on any atom is 0.434 e. The van der Waals surface area contributed by atoms with E-state index in [1.54, 1.807) is 23.1 Å². The number of amides is 1. The second-order valence-electron chi connectivity index (χ2n) is 15.5. The molecule has 0 aromatic heterocycles. The minimum atomic E-state index is -5.77. The van der Waals surface area contributed by atoms with Gasteiger partial charge in [0.05, 0.1) is 26.4 Å². The molecule has 372 valence electrons. The molecule has 0 bridgehead atoms. The van der Waals surface area contributed by atoms with E-state index >= 15 is 0 Å². The molecule has 25 heteroatoms. The Balaban J connectivity index is 0.000000298. The van der Waals surface area contributed by atoms with Crippen LogP contribution in [0, 0.1) is 11.6 Å². The topological polar surface area (TPSA) is 93.2 Å². The van der Waals surface area contributed by atoms with E-state index in [0.29, 0.717) is 44.5 Å². The summed E-state index contributed by atoms with van der Waals surface area (Å²) in [7, 11) is 0. The fourth-order valence-electron chi connectivity index (χ4n) is 7.12. The Hall–Kier alpha value is -3.91. The van der Waals surface area contributed by atoms with Crippen LogP contribution in [0.1, 0.15) is 32.4 Å². The average Bonchev–Trinajstić information content (AvgIpc) is 3.21. The van der Waals surface area contributed by atoms with Crippen LogP contribution in [0.5, 0.6) is 0 Å². The Bertz CT molecular complexity index is 1750. The van der Waals surface area contributed by atoms with Gasteiger partial charge < -0.3 is 39.3 Å². The lowest BCUT2D eigenvalue weighted by Gasteiger charge is -2.40. The van der Waals surface area contributed by atoms with Gasteiger partial charge in [0.15, 0.2) is 0 Å². The standard InChI is InChI=1S/C20H24F7N3O3.C16H24FN3O.C3H2F6O.CH4/c1-13-11-28(4-5-30(13)18(31)33-17(19(22,23)24)20(25,26)27)12-14-2-3-15(10-16(14)21)29-6-8-32-9-7-29;1-13-11-19(5-4-18-13)12-14-2-3-15(10-16(14)17)20-6-8-21-9-7-20;4-2(5,6)1(10)3(7,8)9;/h2-3,10,13,17H,4-9,11-12H2,1H3;2-3,10,13,18H,4-9,11-12H2,1H3;1,10H;1H4/t2*13-;;/m11../s1. The maximum atomic E-state index is 14.6. The molecule has 65 heavy (non-hydrogen) atoms. The molecule has 4 aliphatic rings. The summed E-state index contributed by atoms with van der Waals surface area (Å²) in [5.74, 6) is -0.517. The summed E-state index contributed by atoms with van der Waals surface area (Å²) in [4.78, 5) is 21.1. The molecule has 2 aromatic rings.